The molecule has 0 aromatic heterocycles. The van der Waals surface area contributed by atoms with E-state index >= 15 is 0 Å². The predicted molar refractivity (Wildman–Crippen MR) is 148 cm³/mol. The van der Waals surface area contributed by atoms with Crippen molar-refractivity contribution < 1.29 is 9.59 Å². The molecule has 0 aliphatic carbocycles. The summed E-state index contributed by atoms with van der Waals surface area (Å²) in [4.78, 5) is 0. The molecule has 0 saturated carbocycles. The Hall–Kier alpha value is -1.64. The fourth-order valence-corrected chi connectivity index (χ4v) is 5.13. The molecule has 2 aromatic rings. The van der Waals surface area contributed by atoms with Crippen LogP contribution in [0.15, 0.2) is 54.6 Å². The topological polar surface area (TPSA) is 20.2 Å². The maximum Gasteiger partial charge on any atom is 0.145 e. The normalized spacial score (nSPS) is 14.2. The first kappa shape index (κ1) is 28.6. The molecule has 2 unspecified atom stereocenters. The number of aliphatic hydroxyl groups is 1. The van der Waals surface area contributed by atoms with E-state index in [9.17, 15) is 5.11 Å². The average Bonchev–Trinajstić information content (AvgIpc) is 2.80. The fourth-order valence-electron chi connectivity index (χ4n) is 5.13. The van der Waals surface area contributed by atoms with Gasteiger partial charge in [0, 0.05) is 5.56 Å². The monoisotopic (exact) mass is 466 g/mol. The van der Waals surface area contributed by atoms with Crippen LogP contribution in [-0.2, 0) is 5.41 Å². The van der Waals surface area contributed by atoms with Crippen molar-refractivity contribution in [3.63, 3.8) is 0 Å². The molecule has 2 aromatic carbocycles. The van der Waals surface area contributed by atoms with E-state index in [0.717, 1.165) is 16.6 Å². The molecule has 0 heterocycles. The van der Waals surface area contributed by atoms with E-state index in [1.807, 2.05) is 18.2 Å². The largest absolute Gasteiger partial charge is 0.382 e. The zero-order valence-electron chi connectivity index (χ0n) is 23.0. The Morgan fingerprint density at radius 2 is 1.18 bits per heavy atom. The Balaban J connectivity index is 2.02. The fraction of sp³-hybridized carbons (Fsp3) is 0.625. The van der Waals surface area contributed by atoms with E-state index in [1.54, 1.807) is 0 Å². The molecule has 0 bridgehead atoms. The molecule has 0 amide bonds. The molecule has 2 heteroatoms. The third kappa shape index (κ3) is 9.19. The number of quaternary nitrogens is 1. The van der Waals surface area contributed by atoms with E-state index in [1.165, 1.54) is 75.3 Å². The van der Waals surface area contributed by atoms with Gasteiger partial charge in [-0.05, 0) is 29.4 Å². The maximum atomic E-state index is 11.5. The van der Waals surface area contributed by atoms with E-state index in [4.69, 9.17) is 0 Å². The van der Waals surface area contributed by atoms with Crippen molar-refractivity contribution in [1.82, 2.24) is 0 Å². The minimum absolute atomic E-state index is 0.00924. The molecule has 0 aliphatic rings. The van der Waals surface area contributed by atoms with Crippen LogP contribution in [0.3, 0.4) is 0 Å². The summed E-state index contributed by atoms with van der Waals surface area (Å²) >= 11 is 0. The SMILES string of the molecule is CCCCCCCCCCCC[N+](C)(C)C(c1ccc(C(C)(C)C)cc1)C(O)c1ccccc1. The number of hydrogen-bond donors (Lipinski definition) is 1. The van der Waals surface area contributed by atoms with E-state index in [0.29, 0.717) is 0 Å². The van der Waals surface area contributed by atoms with Crippen LogP contribution in [0.4, 0.5) is 0 Å². The van der Waals surface area contributed by atoms with Crippen LogP contribution in [0, 0.1) is 0 Å². The van der Waals surface area contributed by atoms with E-state index in [-0.39, 0.29) is 11.5 Å². The van der Waals surface area contributed by atoms with Crippen molar-refractivity contribution in [3.8, 4) is 0 Å². The summed E-state index contributed by atoms with van der Waals surface area (Å²) in [6, 6.07) is 19.2. The minimum Gasteiger partial charge on any atom is -0.382 e. The Morgan fingerprint density at radius 3 is 1.68 bits per heavy atom. The second-order valence-corrected chi connectivity index (χ2v) is 11.9. The highest BCUT2D eigenvalue weighted by atomic mass is 16.3. The quantitative estimate of drug-likeness (QED) is 0.205. The second kappa shape index (κ2) is 14.0. The highest BCUT2D eigenvalue weighted by Crippen LogP contribution is 2.38. The number of unbranched alkanes of at least 4 members (excludes halogenated alkanes) is 9. The van der Waals surface area contributed by atoms with Gasteiger partial charge in [0.25, 0.3) is 0 Å². The van der Waals surface area contributed by atoms with Crippen LogP contribution < -0.4 is 0 Å². The molecule has 190 valence electrons. The summed E-state index contributed by atoms with van der Waals surface area (Å²) < 4.78 is 0.794. The second-order valence-electron chi connectivity index (χ2n) is 11.9. The lowest BCUT2D eigenvalue weighted by Crippen LogP contribution is -2.46. The smallest absolute Gasteiger partial charge is 0.145 e. The third-order valence-corrected chi connectivity index (χ3v) is 7.40. The minimum atomic E-state index is -0.528. The molecule has 0 aliphatic heterocycles. The first-order valence-electron chi connectivity index (χ1n) is 13.8. The van der Waals surface area contributed by atoms with Crippen molar-refractivity contribution in [2.45, 2.75) is 109 Å². The van der Waals surface area contributed by atoms with Gasteiger partial charge in [-0.2, -0.15) is 0 Å². The number of hydrogen-bond acceptors (Lipinski definition) is 1. The molecule has 2 rings (SSSR count). The van der Waals surface area contributed by atoms with Gasteiger partial charge in [-0.1, -0.05) is 134 Å². The van der Waals surface area contributed by atoms with Gasteiger partial charge in [0.1, 0.15) is 12.1 Å². The zero-order valence-corrected chi connectivity index (χ0v) is 23.0. The van der Waals surface area contributed by atoms with Crippen LogP contribution in [0.25, 0.3) is 0 Å². The first-order valence-corrected chi connectivity index (χ1v) is 13.8. The molecule has 0 spiro atoms. The van der Waals surface area contributed by atoms with Crippen molar-refractivity contribution in [2.24, 2.45) is 0 Å². The van der Waals surface area contributed by atoms with Gasteiger partial charge < -0.3 is 9.59 Å². The summed E-state index contributed by atoms with van der Waals surface area (Å²) in [5.41, 5.74) is 3.69. The Kier molecular flexibility index (Phi) is 11.8. The molecule has 34 heavy (non-hydrogen) atoms. The summed E-state index contributed by atoms with van der Waals surface area (Å²) in [7, 11) is 4.59. The first-order chi connectivity index (χ1) is 16.2. The number of likely N-dealkylation sites (N-methyl/N-ethyl adjacent to an activating group) is 1. The lowest BCUT2D eigenvalue weighted by Gasteiger charge is -2.41. The summed E-state index contributed by atoms with van der Waals surface area (Å²) in [5.74, 6) is 0. The van der Waals surface area contributed by atoms with Gasteiger partial charge in [0.05, 0.1) is 20.6 Å². The van der Waals surface area contributed by atoms with Gasteiger partial charge >= 0.3 is 0 Å². The number of nitrogens with zero attached hydrogens (tertiary/aromatic N) is 1. The lowest BCUT2D eigenvalue weighted by molar-refractivity contribution is -0.926. The van der Waals surface area contributed by atoms with Crippen molar-refractivity contribution in [2.75, 3.05) is 20.6 Å². The molecule has 0 fully saturated rings. The number of aliphatic hydroxyl groups excluding tert-OH is 1. The summed E-state index contributed by atoms with van der Waals surface area (Å²) in [5, 5.41) is 11.5. The molecule has 1 N–H and O–H groups in total. The number of benzene rings is 2. The third-order valence-electron chi connectivity index (χ3n) is 7.40. The van der Waals surface area contributed by atoms with Crippen LogP contribution in [-0.4, -0.2) is 30.2 Å². The van der Waals surface area contributed by atoms with E-state index < -0.39 is 6.10 Å². The summed E-state index contributed by atoms with van der Waals surface area (Å²) in [6.07, 6.45) is 13.0. The molecular formula is C32H52NO+. The van der Waals surface area contributed by atoms with Gasteiger partial charge in [-0.3, -0.25) is 0 Å². The molecule has 2 atom stereocenters. The summed E-state index contributed by atoms with van der Waals surface area (Å²) in [6.45, 7) is 10.1. The predicted octanol–water partition coefficient (Wildman–Crippen LogP) is 8.76. The van der Waals surface area contributed by atoms with Crippen molar-refractivity contribution in [1.29, 1.82) is 0 Å². The lowest BCUT2D eigenvalue weighted by atomic mass is 9.85. The van der Waals surface area contributed by atoms with Crippen molar-refractivity contribution in [3.05, 3.63) is 71.3 Å². The van der Waals surface area contributed by atoms with Gasteiger partial charge in [0.15, 0.2) is 0 Å². The number of rotatable bonds is 15. The Labute approximate surface area is 211 Å². The van der Waals surface area contributed by atoms with Gasteiger partial charge in [0.2, 0.25) is 0 Å². The van der Waals surface area contributed by atoms with Crippen LogP contribution in [0.1, 0.15) is 121 Å². The Morgan fingerprint density at radius 1 is 0.676 bits per heavy atom. The van der Waals surface area contributed by atoms with Gasteiger partial charge in [-0.25, -0.2) is 0 Å². The zero-order chi connectivity index (χ0) is 25.0. The van der Waals surface area contributed by atoms with Crippen LogP contribution in [0.5, 0.6) is 0 Å². The molecule has 0 radical (unpaired) electrons. The molecular weight excluding hydrogens is 414 g/mol. The van der Waals surface area contributed by atoms with Crippen LogP contribution in [0.2, 0.25) is 0 Å². The average molecular weight is 467 g/mol. The Bertz CT molecular complexity index is 788. The molecule has 0 saturated heterocycles. The molecule has 2 nitrogen and oxygen atoms in total. The maximum absolute atomic E-state index is 11.5. The van der Waals surface area contributed by atoms with E-state index in [2.05, 4.69) is 78.2 Å². The standard InChI is InChI=1S/C32H52NO/c1-7-8-9-10-11-12-13-14-15-19-26-33(5,6)30(31(34)28-20-17-16-18-21-28)27-22-24-29(25-23-27)32(2,3)4/h16-18,20-25,30-31,34H,7-15,19,26H2,1-6H3/q+1. The highest BCUT2D eigenvalue weighted by molar-refractivity contribution is 5.31. The van der Waals surface area contributed by atoms with Crippen molar-refractivity contribution >= 4 is 0 Å². The highest BCUT2D eigenvalue weighted by Gasteiger charge is 2.37. The van der Waals surface area contributed by atoms with Gasteiger partial charge in [-0.15, -0.1) is 0 Å². The van der Waals surface area contributed by atoms with Crippen LogP contribution >= 0.6 is 0 Å².